The maximum absolute atomic E-state index is 12.6. The predicted molar refractivity (Wildman–Crippen MR) is 106 cm³/mol. The Balaban J connectivity index is 1.96. The van der Waals surface area contributed by atoms with Crippen LogP contribution in [-0.4, -0.2) is 28.5 Å². The number of Topliss-reactive ketones (excluding diaryl/α,β-unsaturated/α-hetero) is 1. The first-order valence-corrected chi connectivity index (χ1v) is 9.17. The Morgan fingerprint density at radius 1 is 1.20 bits per heavy atom. The first kappa shape index (κ1) is 21.6. The van der Waals surface area contributed by atoms with Crippen LogP contribution in [0.3, 0.4) is 0 Å². The van der Waals surface area contributed by atoms with Gasteiger partial charge in [0.1, 0.15) is 0 Å². The normalized spacial score (nSPS) is 11.4. The average molecular weight is 437 g/mol. The lowest BCUT2D eigenvalue weighted by Crippen LogP contribution is -2.20. The average Bonchev–Trinajstić information content (AvgIpc) is 2.68. The number of nitrogens with zero attached hydrogens (tertiary/aromatic N) is 1. The number of aromatic nitrogens is 2. The van der Waals surface area contributed by atoms with Crippen LogP contribution in [0, 0.1) is 6.92 Å². The molecule has 2 aromatic heterocycles. The number of hydrogen-bond donors (Lipinski definition) is 1. The van der Waals surface area contributed by atoms with Crippen molar-refractivity contribution in [2.45, 2.75) is 19.5 Å². The number of ether oxygens (including phenoxy) is 1. The number of aromatic amines is 1. The van der Waals surface area contributed by atoms with Gasteiger partial charge in [-0.05, 0) is 47.9 Å². The van der Waals surface area contributed by atoms with Gasteiger partial charge in [0.15, 0.2) is 12.4 Å². The van der Waals surface area contributed by atoms with Gasteiger partial charge in [0.25, 0.3) is 0 Å². The summed E-state index contributed by atoms with van der Waals surface area (Å²) < 4.78 is 42.8. The van der Waals surface area contributed by atoms with E-state index in [0.717, 1.165) is 5.56 Å². The molecule has 1 N–H and O–H groups in total. The number of carbonyl (C=O) groups excluding carboxylic acids is 1. The molecule has 0 fully saturated rings. The lowest BCUT2D eigenvalue weighted by atomic mass is 10.00. The molecule has 3 aromatic rings. The number of aryl methyl sites for hydroxylation is 1. The fourth-order valence-corrected chi connectivity index (χ4v) is 2.90. The lowest BCUT2D eigenvalue weighted by molar-refractivity contribution is -0.154. The third-order valence-corrected chi connectivity index (χ3v) is 4.64. The van der Waals surface area contributed by atoms with Crippen LogP contribution in [0.2, 0.25) is 5.02 Å². The Morgan fingerprint density at radius 2 is 1.97 bits per heavy atom. The third-order valence-electron chi connectivity index (χ3n) is 4.21. The van der Waals surface area contributed by atoms with Crippen molar-refractivity contribution in [3.05, 3.63) is 80.9 Å². The molecule has 30 heavy (non-hydrogen) atoms. The van der Waals surface area contributed by atoms with E-state index in [1.807, 2.05) is 0 Å². The van der Waals surface area contributed by atoms with Crippen molar-refractivity contribution >= 4 is 17.4 Å². The van der Waals surface area contributed by atoms with Crippen LogP contribution in [0.5, 0.6) is 5.88 Å². The van der Waals surface area contributed by atoms with Crippen LogP contribution in [0.15, 0.2) is 53.6 Å². The van der Waals surface area contributed by atoms with Gasteiger partial charge < -0.3 is 9.72 Å². The van der Waals surface area contributed by atoms with E-state index in [9.17, 15) is 22.8 Å². The summed E-state index contributed by atoms with van der Waals surface area (Å²) in [6.07, 6.45) is -1.97. The molecule has 0 aliphatic heterocycles. The highest BCUT2D eigenvalue weighted by molar-refractivity contribution is 6.31. The van der Waals surface area contributed by atoms with Crippen LogP contribution in [0.25, 0.3) is 11.1 Å². The Morgan fingerprint density at radius 3 is 2.63 bits per heavy atom. The van der Waals surface area contributed by atoms with E-state index >= 15 is 0 Å². The monoisotopic (exact) mass is 436 g/mol. The summed E-state index contributed by atoms with van der Waals surface area (Å²) in [5.74, 6) is -0.536. The zero-order valence-corrected chi connectivity index (χ0v) is 16.5. The number of pyridine rings is 2. The summed E-state index contributed by atoms with van der Waals surface area (Å²) in [5.41, 5.74) is 1.85. The second kappa shape index (κ2) is 8.71. The highest BCUT2D eigenvalue weighted by Gasteiger charge is 2.29. The summed E-state index contributed by atoms with van der Waals surface area (Å²) in [7, 11) is 0. The third kappa shape index (κ3) is 5.48. The zero-order valence-electron chi connectivity index (χ0n) is 15.7. The fraction of sp³-hybridized carbons (Fsp3) is 0.190. The van der Waals surface area contributed by atoms with Gasteiger partial charge in [-0.15, -0.1) is 0 Å². The largest absolute Gasteiger partial charge is 0.468 e. The van der Waals surface area contributed by atoms with Crippen molar-refractivity contribution in [3.8, 4) is 17.0 Å². The van der Waals surface area contributed by atoms with E-state index in [-0.39, 0.29) is 23.6 Å². The fourth-order valence-electron chi connectivity index (χ4n) is 2.78. The number of alkyl halides is 3. The molecule has 0 aliphatic rings. The van der Waals surface area contributed by atoms with Gasteiger partial charge in [0.05, 0.1) is 0 Å². The number of hydrogen-bond acceptors (Lipinski definition) is 4. The van der Waals surface area contributed by atoms with Crippen molar-refractivity contribution in [1.29, 1.82) is 0 Å². The molecule has 2 heterocycles. The molecule has 0 radical (unpaired) electrons. The molecule has 5 nitrogen and oxygen atoms in total. The number of H-pyrrole nitrogens is 1. The Bertz CT molecular complexity index is 1140. The molecule has 0 amide bonds. The topological polar surface area (TPSA) is 72.0 Å². The van der Waals surface area contributed by atoms with E-state index < -0.39 is 18.3 Å². The minimum Gasteiger partial charge on any atom is -0.468 e. The molecule has 0 saturated heterocycles. The second-order valence-electron chi connectivity index (χ2n) is 6.61. The summed E-state index contributed by atoms with van der Waals surface area (Å²) in [6, 6.07) is 9.15. The van der Waals surface area contributed by atoms with Gasteiger partial charge in [-0.25, -0.2) is 4.98 Å². The highest BCUT2D eigenvalue weighted by atomic mass is 35.5. The van der Waals surface area contributed by atoms with E-state index in [4.69, 9.17) is 16.3 Å². The standard InChI is InChI=1S/C21H16ClF3N2O3/c1-12-6-14(2-3-17(12)22)16-7-13(10-27-20(16)30-11-21(23,24)25)8-18(28)15-4-5-26-19(29)9-15/h2-7,9-10H,8,11H2,1H3,(H,26,29). The molecule has 0 spiro atoms. The quantitative estimate of drug-likeness (QED) is 0.565. The Kier molecular flexibility index (Phi) is 6.26. The predicted octanol–water partition coefficient (Wildman–Crippen LogP) is 4.77. The van der Waals surface area contributed by atoms with E-state index in [2.05, 4.69) is 9.97 Å². The van der Waals surface area contributed by atoms with Gasteiger partial charge in [0.2, 0.25) is 11.4 Å². The first-order chi connectivity index (χ1) is 14.1. The van der Waals surface area contributed by atoms with Crippen molar-refractivity contribution in [1.82, 2.24) is 9.97 Å². The SMILES string of the molecule is Cc1cc(-c2cc(CC(=O)c3cc[nH]c(=O)c3)cnc2OCC(F)(F)F)ccc1Cl. The second-order valence-corrected chi connectivity index (χ2v) is 7.01. The molecule has 0 bridgehead atoms. The highest BCUT2D eigenvalue weighted by Crippen LogP contribution is 2.32. The number of carbonyl (C=O) groups is 1. The molecule has 0 saturated carbocycles. The molecule has 0 atom stereocenters. The van der Waals surface area contributed by atoms with Gasteiger partial charge in [-0.3, -0.25) is 9.59 Å². The van der Waals surface area contributed by atoms with Gasteiger partial charge in [-0.2, -0.15) is 13.2 Å². The smallest absolute Gasteiger partial charge is 0.422 e. The number of benzene rings is 1. The molecule has 0 unspecified atom stereocenters. The zero-order chi connectivity index (χ0) is 21.9. The van der Waals surface area contributed by atoms with Crippen molar-refractivity contribution in [3.63, 3.8) is 0 Å². The van der Waals surface area contributed by atoms with Crippen molar-refractivity contribution < 1.29 is 22.7 Å². The molecule has 3 rings (SSSR count). The summed E-state index contributed by atoms with van der Waals surface area (Å²) >= 11 is 6.04. The Hall–Kier alpha value is -3.13. The first-order valence-electron chi connectivity index (χ1n) is 8.79. The number of rotatable bonds is 6. The van der Waals surface area contributed by atoms with Crippen LogP contribution < -0.4 is 10.3 Å². The molecular formula is C21H16ClF3N2O3. The minimum atomic E-state index is -4.52. The lowest BCUT2D eigenvalue weighted by Gasteiger charge is -2.14. The van der Waals surface area contributed by atoms with Crippen LogP contribution in [-0.2, 0) is 6.42 Å². The van der Waals surface area contributed by atoms with Crippen molar-refractivity contribution in [2.75, 3.05) is 6.61 Å². The number of halogens is 4. The van der Waals surface area contributed by atoms with Gasteiger partial charge in [-0.1, -0.05) is 17.7 Å². The van der Waals surface area contributed by atoms with E-state index in [0.29, 0.717) is 21.7 Å². The van der Waals surface area contributed by atoms with Crippen LogP contribution in [0.1, 0.15) is 21.5 Å². The van der Waals surface area contributed by atoms with Gasteiger partial charge in [0, 0.05) is 41.0 Å². The summed E-state index contributed by atoms with van der Waals surface area (Å²) in [4.78, 5) is 30.3. The van der Waals surface area contributed by atoms with Crippen molar-refractivity contribution in [2.24, 2.45) is 0 Å². The van der Waals surface area contributed by atoms with Crippen LogP contribution in [0.4, 0.5) is 13.2 Å². The molecule has 0 aliphatic carbocycles. The molecular weight excluding hydrogens is 421 g/mol. The molecule has 9 heteroatoms. The maximum Gasteiger partial charge on any atom is 0.422 e. The number of nitrogens with one attached hydrogen (secondary N) is 1. The summed E-state index contributed by atoms with van der Waals surface area (Å²) in [5, 5.41) is 0.505. The molecule has 1 aromatic carbocycles. The maximum atomic E-state index is 12.6. The van der Waals surface area contributed by atoms with Crippen LogP contribution >= 0.6 is 11.6 Å². The summed E-state index contributed by atoms with van der Waals surface area (Å²) in [6.45, 7) is 0.264. The van der Waals surface area contributed by atoms with E-state index in [1.165, 1.54) is 24.5 Å². The Labute approximate surface area is 174 Å². The number of ketones is 1. The van der Waals surface area contributed by atoms with E-state index in [1.54, 1.807) is 31.2 Å². The molecule has 156 valence electrons. The van der Waals surface area contributed by atoms with Gasteiger partial charge >= 0.3 is 6.18 Å². The minimum absolute atomic E-state index is 0.0877.